The molecule has 3 nitrogen and oxygen atoms in total. The summed E-state index contributed by atoms with van der Waals surface area (Å²) in [6.07, 6.45) is 3.67. The largest absolute Gasteiger partial charge is 0.468 e. The molecule has 0 spiro atoms. The zero-order valence-electron chi connectivity index (χ0n) is 9.79. The van der Waals surface area contributed by atoms with Crippen LogP contribution < -0.4 is 5.32 Å². The van der Waals surface area contributed by atoms with Crippen LogP contribution in [0, 0.1) is 0 Å². The molecular weight excluding hydrogens is 190 g/mol. The molecule has 86 valence electrons. The first kappa shape index (κ1) is 12.3. The van der Waals surface area contributed by atoms with Gasteiger partial charge < -0.3 is 14.8 Å². The Bertz CT molecular complexity index is 271. The first-order chi connectivity index (χ1) is 7.11. The third-order valence-electron chi connectivity index (χ3n) is 2.69. The van der Waals surface area contributed by atoms with Crippen LogP contribution in [0.5, 0.6) is 0 Å². The number of aliphatic hydroxyl groups excluding tert-OH is 1. The molecule has 0 saturated carbocycles. The predicted octanol–water partition coefficient (Wildman–Crippen LogP) is 2.48. The van der Waals surface area contributed by atoms with E-state index in [-0.39, 0.29) is 18.2 Å². The zero-order valence-corrected chi connectivity index (χ0v) is 9.79. The number of nitrogens with one attached hydrogen (secondary N) is 1. The second kappa shape index (κ2) is 5.33. The van der Waals surface area contributed by atoms with Crippen molar-refractivity contribution in [3.05, 3.63) is 24.2 Å². The number of hydrogen-bond acceptors (Lipinski definition) is 3. The number of rotatable bonds is 6. The molecule has 0 radical (unpaired) electrons. The second-order valence-corrected chi connectivity index (χ2v) is 4.35. The maximum atomic E-state index is 9.37. The SMILES string of the molecule is CCCC(C)(CO)NC(C)c1ccco1. The maximum absolute atomic E-state index is 9.37. The molecule has 2 atom stereocenters. The van der Waals surface area contributed by atoms with Gasteiger partial charge in [-0.25, -0.2) is 0 Å². The topological polar surface area (TPSA) is 45.4 Å². The average molecular weight is 211 g/mol. The molecule has 0 fully saturated rings. The zero-order chi connectivity index (χ0) is 11.3. The summed E-state index contributed by atoms with van der Waals surface area (Å²) >= 11 is 0. The molecular formula is C12H21NO2. The minimum absolute atomic E-state index is 0.128. The highest BCUT2D eigenvalue weighted by Crippen LogP contribution is 2.19. The van der Waals surface area contributed by atoms with Crippen molar-refractivity contribution in [2.75, 3.05) is 6.61 Å². The van der Waals surface area contributed by atoms with Crippen LogP contribution in [-0.4, -0.2) is 17.3 Å². The molecule has 1 rings (SSSR count). The molecule has 0 aliphatic carbocycles. The van der Waals surface area contributed by atoms with Gasteiger partial charge in [-0.1, -0.05) is 13.3 Å². The van der Waals surface area contributed by atoms with Crippen LogP contribution in [0.2, 0.25) is 0 Å². The van der Waals surface area contributed by atoms with Gasteiger partial charge in [-0.05, 0) is 32.4 Å². The molecule has 0 amide bonds. The molecule has 0 saturated heterocycles. The normalized spacial score (nSPS) is 17.3. The Morgan fingerprint density at radius 1 is 1.60 bits per heavy atom. The van der Waals surface area contributed by atoms with E-state index in [1.165, 1.54) is 0 Å². The molecule has 2 N–H and O–H groups in total. The van der Waals surface area contributed by atoms with Crippen molar-refractivity contribution in [3.8, 4) is 0 Å². The smallest absolute Gasteiger partial charge is 0.120 e. The van der Waals surface area contributed by atoms with E-state index in [2.05, 4.69) is 12.2 Å². The molecule has 1 aromatic heterocycles. The van der Waals surface area contributed by atoms with Crippen molar-refractivity contribution in [2.45, 2.75) is 45.2 Å². The highest BCUT2D eigenvalue weighted by atomic mass is 16.3. The molecule has 1 aromatic rings. The van der Waals surface area contributed by atoms with Crippen molar-refractivity contribution >= 4 is 0 Å². The lowest BCUT2D eigenvalue weighted by atomic mass is 9.96. The molecule has 2 unspecified atom stereocenters. The summed E-state index contributed by atoms with van der Waals surface area (Å²) in [7, 11) is 0. The van der Waals surface area contributed by atoms with Gasteiger partial charge >= 0.3 is 0 Å². The third kappa shape index (κ3) is 3.36. The molecule has 0 bridgehead atoms. The van der Waals surface area contributed by atoms with Crippen LogP contribution in [-0.2, 0) is 0 Å². The van der Waals surface area contributed by atoms with Crippen LogP contribution in [0.3, 0.4) is 0 Å². The second-order valence-electron chi connectivity index (χ2n) is 4.35. The first-order valence-electron chi connectivity index (χ1n) is 5.53. The van der Waals surface area contributed by atoms with Crippen molar-refractivity contribution in [3.63, 3.8) is 0 Å². The van der Waals surface area contributed by atoms with E-state index in [4.69, 9.17) is 4.42 Å². The maximum Gasteiger partial charge on any atom is 0.120 e. The van der Waals surface area contributed by atoms with Gasteiger partial charge in [0.05, 0.1) is 18.9 Å². The summed E-state index contributed by atoms with van der Waals surface area (Å²) in [4.78, 5) is 0. The van der Waals surface area contributed by atoms with E-state index in [0.29, 0.717) is 0 Å². The summed E-state index contributed by atoms with van der Waals surface area (Å²) in [5.74, 6) is 0.908. The van der Waals surface area contributed by atoms with Crippen molar-refractivity contribution in [1.29, 1.82) is 0 Å². The van der Waals surface area contributed by atoms with Crippen LogP contribution in [0.4, 0.5) is 0 Å². The minimum atomic E-state index is -0.221. The summed E-state index contributed by atoms with van der Waals surface area (Å²) < 4.78 is 5.32. The fourth-order valence-corrected chi connectivity index (χ4v) is 1.88. The van der Waals surface area contributed by atoms with E-state index in [1.807, 2.05) is 26.0 Å². The van der Waals surface area contributed by atoms with Gasteiger partial charge in [-0.2, -0.15) is 0 Å². The van der Waals surface area contributed by atoms with Gasteiger partial charge in [0.25, 0.3) is 0 Å². The number of furan rings is 1. The van der Waals surface area contributed by atoms with Crippen molar-refractivity contribution in [2.24, 2.45) is 0 Å². The van der Waals surface area contributed by atoms with Crippen LogP contribution >= 0.6 is 0 Å². The van der Waals surface area contributed by atoms with Gasteiger partial charge in [0.2, 0.25) is 0 Å². The Labute approximate surface area is 91.5 Å². The van der Waals surface area contributed by atoms with Crippen molar-refractivity contribution in [1.82, 2.24) is 5.32 Å². The van der Waals surface area contributed by atoms with Crippen LogP contribution in [0.1, 0.15) is 45.4 Å². The summed E-state index contributed by atoms with van der Waals surface area (Å²) in [6.45, 7) is 6.34. The van der Waals surface area contributed by atoms with Gasteiger partial charge in [-0.15, -0.1) is 0 Å². The number of hydrogen-bond donors (Lipinski definition) is 2. The van der Waals surface area contributed by atoms with Gasteiger partial charge in [0.1, 0.15) is 5.76 Å². The Kier molecular flexibility index (Phi) is 4.36. The third-order valence-corrected chi connectivity index (χ3v) is 2.69. The molecule has 0 aliphatic heterocycles. The number of aliphatic hydroxyl groups is 1. The Morgan fingerprint density at radius 3 is 2.80 bits per heavy atom. The molecule has 0 aromatic carbocycles. The Morgan fingerprint density at radius 2 is 2.33 bits per heavy atom. The van der Waals surface area contributed by atoms with Crippen LogP contribution in [0.15, 0.2) is 22.8 Å². The van der Waals surface area contributed by atoms with Gasteiger partial charge in [0, 0.05) is 5.54 Å². The van der Waals surface area contributed by atoms with E-state index in [1.54, 1.807) is 6.26 Å². The van der Waals surface area contributed by atoms with E-state index in [9.17, 15) is 5.11 Å². The lowest BCUT2D eigenvalue weighted by molar-refractivity contribution is 0.149. The minimum Gasteiger partial charge on any atom is -0.468 e. The fraction of sp³-hybridized carbons (Fsp3) is 0.667. The highest BCUT2D eigenvalue weighted by molar-refractivity contribution is 5.04. The van der Waals surface area contributed by atoms with Gasteiger partial charge in [0.15, 0.2) is 0 Å². The molecule has 3 heteroatoms. The summed E-state index contributed by atoms with van der Waals surface area (Å²) in [5, 5.41) is 12.8. The highest BCUT2D eigenvalue weighted by Gasteiger charge is 2.25. The Balaban J connectivity index is 2.59. The lowest BCUT2D eigenvalue weighted by Gasteiger charge is -2.31. The van der Waals surface area contributed by atoms with E-state index in [0.717, 1.165) is 18.6 Å². The van der Waals surface area contributed by atoms with Gasteiger partial charge in [-0.3, -0.25) is 0 Å². The van der Waals surface area contributed by atoms with E-state index < -0.39 is 0 Å². The standard InChI is InChI=1S/C12H21NO2/c1-4-7-12(3,9-14)13-10(2)11-6-5-8-15-11/h5-6,8,10,13-14H,4,7,9H2,1-3H3. The molecule has 0 aliphatic rings. The summed E-state index contributed by atoms with van der Waals surface area (Å²) in [6, 6.07) is 3.95. The van der Waals surface area contributed by atoms with E-state index >= 15 is 0 Å². The predicted molar refractivity (Wildman–Crippen MR) is 60.7 cm³/mol. The fourth-order valence-electron chi connectivity index (χ4n) is 1.88. The van der Waals surface area contributed by atoms with Crippen molar-refractivity contribution < 1.29 is 9.52 Å². The first-order valence-corrected chi connectivity index (χ1v) is 5.53. The monoisotopic (exact) mass is 211 g/mol. The Hall–Kier alpha value is -0.800. The lowest BCUT2D eigenvalue weighted by Crippen LogP contribution is -2.46. The molecule has 1 heterocycles. The summed E-state index contributed by atoms with van der Waals surface area (Å²) in [5.41, 5.74) is -0.221. The molecule has 15 heavy (non-hydrogen) atoms. The quantitative estimate of drug-likeness (QED) is 0.760. The average Bonchev–Trinajstić information content (AvgIpc) is 2.71. The van der Waals surface area contributed by atoms with Crippen LogP contribution in [0.25, 0.3) is 0 Å².